The molecule has 1 aliphatic heterocycles. The fourth-order valence-corrected chi connectivity index (χ4v) is 4.91. The van der Waals surface area contributed by atoms with E-state index in [0.717, 1.165) is 68.6 Å². The Morgan fingerprint density at radius 1 is 1.25 bits per heavy atom. The molecule has 0 radical (unpaired) electrons. The first-order valence-corrected chi connectivity index (χ1v) is 11.7. The molecule has 1 aromatic carbocycles. The molecule has 0 bridgehead atoms. The highest BCUT2D eigenvalue weighted by molar-refractivity contribution is 5.96. The van der Waals surface area contributed by atoms with Gasteiger partial charge < -0.3 is 25.2 Å². The fourth-order valence-electron chi connectivity index (χ4n) is 4.91. The number of aryl methyl sites for hydroxylation is 1. The molecule has 3 rings (SSSR count). The van der Waals surface area contributed by atoms with Crippen LogP contribution < -0.4 is 10.6 Å². The van der Waals surface area contributed by atoms with E-state index >= 15 is 0 Å². The second-order valence-electron chi connectivity index (χ2n) is 10.8. The molecule has 0 unspecified atom stereocenters. The Kier molecular flexibility index (Phi) is 7.38. The van der Waals surface area contributed by atoms with Gasteiger partial charge in [0.15, 0.2) is 0 Å². The Labute approximate surface area is 192 Å². The number of carbonyl (C=O) groups is 2. The van der Waals surface area contributed by atoms with E-state index in [4.69, 9.17) is 4.74 Å². The Morgan fingerprint density at radius 3 is 2.59 bits per heavy atom. The molecule has 1 aromatic rings. The number of carbonyl (C=O) groups excluding carboxylic acids is 2. The molecule has 1 aliphatic carbocycles. The molecule has 2 aliphatic rings. The predicted octanol–water partition coefficient (Wildman–Crippen LogP) is 3.74. The van der Waals surface area contributed by atoms with Crippen molar-refractivity contribution >= 4 is 17.7 Å². The minimum atomic E-state index is -0.457. The van der Waals surface area contributed by atoms with Crippen LogP contribution in [0.3, 0.4) is 0 Å². The summed E-state index contributed by atoms with van der Waals surface area (Å²) in [6.45, 7) is 8.27. The van der Waals surface area contributed by atoms with E-state index in [0.29, 0.717) is 6.04 Å². The van der Waals surface area contributed by atoms with Crippen LogP contribution in [0.4, 0.5) is 10.5 Å². The van der Waals surface area contributed by atoms with Crippen LogP contribution in [0.5, 0.6) is 0 Å². The highest BCUT2D eigenvalue weighted by atomic mass is 16.6. The Morgan fingerprint density at radius 2 is 1.97 bits per heavy atom. The smallest absolute Gasteiger partial charge is 0.410 e. The average molecular weight is 445 g/mol. The van der Waals surface area contributed by atoms with Gasteiger partial charge in [0.2, 0.25) is 0 Å². The van der Waals surface area contributed by atoms with Gasteiger partial charge in [0.1, 0.15) is 5.60 Å². The van der Waals surface area contributed by atoms with Crippen LogP contribution in [0.25, 0.3) is 0 Å². The lowest BCUT2D eigenvalue weighted by molar-refractivity contribution is 0.0237. The number of nitrogens with one attached hydrogen (secondary N) is 2. The summed E-state index contributed by atoms with van der Waals surface area (Å²) in [5, 5.41) is 6.41. The van der Waals surface area contributed by atoms with E-state index < -0.39 is 5.60 Å². The van der Waals surface area contributed by atoms with Crippen LogP contribution >= 0.6 is 0 Å². The SMILES string of the molecule is CNC(=O)c1ccc(NC2CC3(CCN(C(=O)OC(C)(C)C)C3)C2)cc1CCCN(C)C. The molecular formula is C25H40N4O3. The molecule has 7 heteroatoms. The van der Waals surface area contributed by atoms with Gasteiger partial charge >= 0.3 is 6.09 Å². The molecule has 0 atom stereocenters. The number of amides is 2. The van der Waals surface area contributed by atoms with Crippen molar-refractivity contribution in [2.45, 2.75) is 64.5 Å². The molecule has 1 spiro atoms. The molecule has 32 heavy (non-hydrogen) atoms. The number of hydrogen-bond acceptors (Lipinski definition) is 5. The van der Waals surface area contributed by atoms with E-state index in [1.165, 1.54) is 0 Å². The van der Waals surface area contributed by atoms with Crippen LogP contribution in [0.1, 0.15) is 62.4 Å². The molecule has 2 amide bonds. The van der Waals surface area contributed by atoms with Crippen molar-refractivity contribution in [3.8, 4) is 0 Å². The summed E-state index contributed by atoms with van der Waals surface area (Å²) in [5.74, 6) is -0.0350. The molecule has 178 valence electrons. The number of rotatable bonds is 7. The summed E-state index contributed by atoms with van der Waals surface area (Å²) in [7, 11) is 5.81. The van der Waals surface area contributed by atoms with Crippen molar-refractivity contribution in [3.05, 3.63) is 29.3 Å². The standard InChI is InChI=1S/C25H40N4O3/c1-24(2,3)32-23(31)29-13-11-25(17-29)15-20(16-25)27-19-9-10-21(22(30)26-4)18(14-19)8-7-12-28(5)6/h9-10,14,20,27H,7-8,11-13,15-17H2,1-6H3,(H,26,30). The second-order valence-corrected chi connectivity index (χ2v) is 10.8. The van der Waals surface area contributed by atoms with Crippen LogP contribution in [-0.4, -0.2) is 74.2 Å². The largest absolute Gasteiger partial charge is 0.444 e. The van der Waals surface area contributed by atoms with E-state index in [-0.39, 0.29) is 17.4 Å². The quantitative estimate of drug-likeness (QED) is 0.670. The number of ether oxygens (including phenoxy) is 1. The number of likely N-dealkylation sites (tertiary alicyclic amines) is 1. The normalized spacial score (nSPS) is 22.7. The van der Waals surface area contributed by atoms with Gasteiger partial charge in [-0.2, -0.15) is 0 Å². The zero-order valence-electron chi connectivity index (χ0n) is 20.6. The first-order valence-electron chi connectivity index (χ1n) is 11.7. The van der Waals surface area contributed by atoms with Crippen molar-refractivity contribution in [1.29, 1.82) is 0 Å². The van der Waals surface area contributed by atoms with E-state index in [9.17, 15) is 9.59 Å². The molecule has 2 N–H and O–H groups in total. The predicted molar refractivity (Wildman–Crippen MR) is 128 cm³/mol. The molecule has 0 aromatic heterocycles. The van der Waals surface area contributed by atoms with Gasteiger partial charge in [0, 0.05) is 37.4 Å². The topological polar surface area (TPSA) is 73.9 Å². The first-order chi connectivity index (χ1) is 15.0. The Bertz CT molecular complexity index is 825. The van der Waals surface area contributed by atoms with E-state index in [1.54, 1.807) is 7.05 Å². The third kappa shape index (κ3) is 6.15. The van der Waals surface area contributed by atoms with Gasteiger partial charge in [-0.05, 0) is 103 Å². The first kappa shape index (κ1) is 24.4. The van der Waals surface area contributed by atoms with E-state index in [1.807, 2.05) is 37.8 Å². The summed E-state index contributed by atoms with van der Waals surface area (Å²) in [6.07, 6.45) is 4.83. The van der Waals surface area contributed by atoms with Crippen molar-refractivity contribution in [1.82, 2.24) is 15.1 Å². The molecule has 2 fully saturated rings. The summed E-state index contributed by atoms with van der Waals surface area (Å²) in [4.78, 5) is 28.7. The average Bonchev–Trinajstić information content (AvgIpc) is 3.11. The molecule has 1 saturated carbocycles. The van der Waals surface area contributed by atoms with Gasteiger partial charge in [0.05, 0.1) is 0 Å². The third-order valence-corrected chi connectivity index (χ3v) is 6.45. The second kappa shape index (κ2) is 9.69. The highest BCUT2D eigenvalue weighted by Gasteiger charge is 2.50. The molecule has 7 nitrogen and oxygen atoms in total. The van der Waals surface area contributed by atoms with Crippen molar-refractivity contribution < 1.29 is 14.3 Å². The number of anilines is 1. The number of nitrogens with zero attached hydrogens (tertiary/aromatic N) is 2. The summed E-state index contributed by atoms with van der Waals surface area (Å²) in [5.41, 5.74) is 2.67. The lowest BCUT2D eigenvalue weighted by Crippen LogP contribution is -2.47. The molecule has 1 heterocycles. The van der Waals surface area contributed by atoms with Gasteiger partial charge in [-0.1, -0.05) is 0 Å². The monoisotopic (exact) mass is 444 g/mol. The maximum Gasteiger partial charge on any atom is 0.410 e. The molecule has 1 saturated heterocycles. The van der Waals surface area contributed by atoms with Gasteiger partial charge in [0.25, 0.3) is 5.91 Å². The van der Waals surface area contributed by atoms with Crippen molar-refractivity contribution in [3.63, 3.8) is 0 Å². The van der Waals surface area contributed by atoms with Gasteiger partial charge in [-0.25, -0.2) is 4.79 Å². The lowest BCUT2D eigenvalue weighted by atomic mass is 9.65. The van der Waals surface area contributed by atoms with E-state index in [2.05, 4.69) is 35.7 Å². The van der Waals surface area contributed by atoms with Crippen LogP contribution in [0.2, 0.25) is 0 Å². The Balaban J connectivity index is 1.57. The highest BCUT2D eigenvalue weighted by Crippen LogP contribution is 2.49. The summed E-state index contributed by atoms with van der Waals surface area (Å²) >= 11 is 0. The lowest BCUT2D eigenvalue weighted by Gasteiger charge is -2.45. The Hall–Kier alpha value is -2.28. The van der Waals surface area contributed by atoms with Gasteiger partial charge in [-0.3, -0.25) is 4.79 Å². The summed E-state index contributed by atoms with van der Waals surface area (Å²) in [6, 6.07) is 6.47. The maximum atomic E-state index is 12.4. The maximum absolute atomic E-state index is 12.4. The van der Waals surface area contributed by atoms with Crippen molar-refractivity contribution in [2.75, 3.05) is 46.1 Å². The van der Waals surface area contributed by atoms with Crippen molar-refractivity contribution in [2.24, 2.45) is 5.41 Å². The van der Waals surface area contributed by atoms with Crippen LogP contribution in [-0.2, 0) is 11.2 Å². The van der Waals surface area contributed by atoms with Gasteiger partial charge in [-0.15, -0.1) is 0 Å². The minimum Gasteiger partial charge on any atom is -0.444 e. The number of benzene rings is 1. The number of hydrogen-bond donors (Lipinski definition) is 2. The van der Waals surface area contributed by atoms with Crippen LogP contribution in [0.15, 0.2) is 18.2 Å². The minimum absolute atomic E-state index is 0.0350. The molecular weight excluding hydrogens is 404 g/mol. The zero-order valence-corrected chi connectivity index (χ0v) is 20.6. The zero-order chi connectivity index (χ0) is 23.5. The summed E-state index contributed by atoms with van der Waals surface area (Å²) < 4.78 is 5.54. The van der Waals surface area contributed by atoms with Crippen LogP contribution in [0, 0.1) is 5.41 Å². The fraction of sp³-hybridized carbons (Fsp3) is 0.680. The third-order valence-electron chi connectivity index (χ3n) is 6.45.